The summed E-state index contributed by atoms with van der Waals surface area (Å²) in [6, 6.07) is 17.5. The van der Waals surface area contributed by atoms with Gasteiger partial charge in [0.25, 0.3) is 0 Å². The van der Waals surface area contributed by atoms with Gasteiger partial charge in [-0.2, -0.15) is 0 Å². The fourth-order valence-corrected chi connectivity index (χ4v) is 1.97. The van der Waals surface area contributed by atoms with Crippen molar-refractivity contribution in [1.82, 2.24) is 0 Å². The fraction of sp³-hybridized carbons (Fsp3) is 0.188. The average Bonchev–Trinajstić information content (AvgIpc) is 2.40. The summed E-state index contributed by atoms with van der Waals surface area (Å²) in [5, 5.41) is 0.704. The maximum Gasteiger partial charge on any atom is 0.137 e. The number of ketones is 1. The lowest BCUT2D eigenvalue weighted by atomic mass is 10.0. The standard InChI is InChI=1S/C16H15ClO/c17-15-9-6-14(7-10-15)12-16(18)11-8-13-4-2-1-3-5-13/h1-7,9-10H,8,11-12H2. The average molecular weight is 259 g/mol. The molecule has 0 fully saturated rings. The van der Waals surface area contributed by atoms with Crippen LogP contribution in [0.15, 0.2) is 54.6 Å². The second-order valence-corrected chi connectivity index (χ2v) is 4.76. The van der Waals surface area contributed by atoms with E-state index in [1.807, 2.05) is 42.5 Å². The number of hydrogen-bond acceptors (Lipinski definition) is 1. The second kappa shape index (κ2) is 6.36. The van der Waals surface area contributed by atoms with E-state index in [-0.39, 0.29) is 5.78 Å². The molecule has 0 heterocycles. The molecular weight excluding hydrogens is 244 g/mol. The van der Waals surface area contributed by atoms with Crippen molar-refractivity contribution >= 4 is 17.4 Å². The van der Waals surface area contributed by atoms with Gasteiger partial charge < -0.3 is 0 Å². The molecular formula is C16H15ClO. The zero-order valence-corrected chi connectivity index (χ0v) is 10.9. The van der Waals surface area contributed by atoms with E-state index in [1.54, 1.807) is 0 Å². The van der Waals surface area contributed by atoms with Crippen LogP contribution in [-0.4, -0.2) is 5.78 Å². The number of benzene rings is 2. The lowest BCUT2D eigenvalue weighted by Gasteiger charge is -2.02. The zero-order valence-electron chi connectivity index (χ0n) is 10.1. The van der Waals surface area contributed by atoms with Crippen molar-refractivity contribution in [3.63, 3.8) is 0 Å². The molecule has 0 spiro atoms. The zero-order chi connectivity index (χ0) is 12.8. The monoisotopic (exact) mass is 258 g/mol. The molecule has 0 atom stereocenters. The maximum atomic E-state index is 11.8. The molecule has 0 bridgehead atoms. The minimum atomic E-state index is 0.265. The number of rotatable bonds is 5. The van der Waals surface area contributed by atoms with Crippen LogP contribution in [0.1, 0.15) is 17.5 Å². The van der Waals surface area contributed by atoms with E-state index in [0.29, 0.717) is 17.9 Å². The number of carbonyl (C=O) groups excluding carboxylic acids is 1. The molecule has 0 aliphatic rings. The first-order chi connectivity index (χ1) is 8.74. The van der Waals surface area contributed by atoms with E-state index in [1.165, 1.54) is 5.56 Å². The van der Waals surface area contributed by atoms with Crippen molar-refractivity contribution in [2.45, 2.75) is 19.3 Å². The van der Waals surface area contributed by atoms with Crippen molar-refractivity contribution in [2.24, 2.45) is 0 Å². The predicted octanol–water partition coefficient (Wildman–Crippen LogP) is 4.08. The molecule has 92 valence electrons. The molecule has 0 saturated carbocycles. The van der Waals surface area contributed by atoms with Crippen molar-refractivity contribution < 1.29 is 4.79 Å². The van der Waals surface area contributed by atoms with Gasteiger partial charge >= 0.3 is 0 Å². The van der Waals surface area contributed by atoms with Crippen molar-refractivity contribution in [1.29, 1.82) is 0 Å². The highest BCUT2D eigenvalue weighted by atomic mass is 35.5. The highest BCUT2D eigenvalue weighted by Crippen LogP contribution is 2.11. The van der Waals surface area contributed by atoms with Gasteiger partial charge in [-0.05, 0) is 29.7 Å². The Morgan fingerprint density at radius 3 is 2.22 bits per heavy atom. The summed E-state index contributed by atoms with van der Waals surface area (Å²) in [4.78, 5) is 11.8. The normalized spacial score (nSPS) is 10.3. The van der Waals surface area contributed by atoms with E-state index in [9.17, 15) is 4.79 Å². The molecule has 18 heavy (non-hydrogen) atoms. The van der Waals surface area contributed by atoms with Crippen molar-refractivity contribution in [3.05, 3.63) is 70.7 Å². The Hall–Kier alpha value is -1.60. The molecule has 2 heteroatoms. The van der Waals surface area contributed by atoms with E-state index in [0.717, 1.165) is 12.0 Å². The maximum absolute atomic E-state index is 11.8. The van der Waals surface area contributed by atoms with Crippen LogP contribution in [-0.2, 0) is 17.6 Å². The Morgan fingerprint density at radius 1 is 0.889 bits per heavy atom. The highest BCUT2D eigenvalue weighted by molar-refractivity contribution is 6.30. The Morgan fingerprint density at radius 2 is 1.56 bits per heavy atom. The molecule has 0 aliphatic carbocycles. The van der Waals surface area contributed by atoms with Gasteiger partial charge in [-0.25, -0.2) is 0 Å². The molecule has 2 rings (SSSR count). The summed E-state index contributed by atoms with van der Waals surface area (Å²) >= 11 is 5.80. The van der Waals surface area contributed by atoms with Crippen LogP contribution < -0.4 is 0 Å². The summed E-state index contributed by atoms with van der Waals surface area (Å²) < 4.78 is 0. The number of carbonyl (C=O) groups is 1. The first kappa shape index (κ1) is 12.8. The minimum Gasteiger partial charge on any atom is -0.299 e. The lowest BCUT2D eigenvalue weighted by molar-refractivity contribution is -0.118. The largest absolute Gasteiger partial charge is 0.299 e. The molecule has 0 aromatic heterocycles. The predicted molar refractivity (Wildman–Crippen MR) is 74.9 cm³/mol. The van der Waals surface area contributed by atoms with Gasteiger partial charge in [0.1, 0.15) is 5.78 Å². The topological polar surface area (TPSA) is 17.1 Å². The van der Waals surface area contributed by atoms with Crippen molar-refractivity contribution in [3.8, 4) is 0 Å². The first-order valence-electron chi connectivity index (χ1n) is 6.04. The fourth-order valence-electron chi connectivity index (χ4n) is 1.85. The summed E-state index contributed by atoms with van der Waals surface area (Å²) in [6.07, 6.45) is 1.89. The summed E-state index contributed by atoms with van der Waals surface area (Å²) in [5.74, 6) is 0.265. The van der Waals surface area contributed by atoms with E-state index in [4.69, 9.17) is 11.6 Å². The third-order valence-corrected chi connectivity index (χ3v) is 3.10. The van der Waals surface area contributed by atoms with Gasteiger partial charge in [-0.15, -0.1) is 0 Å². The third-order valence-electron chi connectivity index (χ3n) is 2.85. The Balaban J connectivity index is 1.84. The summed E-state index contributed by atoms with van der Waals surface area (Å²) in [5.41, 5.74) is 2.24. The second-order valence-electron chi connectivity index (χ2n) is 4.33. The Kier molecular flexibility index (Phi) is 4.54. The molecule has 0 N–H and O–H groups in total. The lowest BCUT2D eigenvalue weighted by Crippen LogP contribution is -2.04. The van der Waals surface area contributed by atoms with Crippen LogP contribution in [0.25, 0.3) is 0 Å². The van der Waals surface area contributed by atoms with Crippen LogP contribution >= 0.6 is 11.6 Å². The highest BCUT2D eigenvalue weighted by Gasteiger charge is 2.04. The van der Waals surface area contributed by atoms with Crippen LogP contribution in [0.2, 0.25) is 5.02 Å². The number of hydrogen-bond donors (Lipinski definition) is 0. The third kappa shape index (κ3) is 4.01. The van der Waals surface area contributed by atoms with Crippen LogP contribution in [0.3, 0.4) is 0 Å². The van der Waals surface area contributed by atoms with E-state index >= 15 is 0 Å². The van der Waals surface area contributed by atoms with E-state index < -0.39 is 0 Å². The Bertz CT molecular complexity index is 502. The van der Waals surface area contributed by atoms with Crippen LogP contribution in [0.4, 0.5) is 0 Å². The number of Topliss-reactive ketones (excluding diaryl/α,β-unsaturated/α-hetero) is 1. The molecule has 2 aromatic carbocycles. The van der Waals surface area contributed by atoms with E-state index in [2.05, 4.69) is 12.1 Å². The van der Waals surface area contributed by atoms with Gasteiger partial charge in [-0.3, -0.25) is 4.79 Å². The van der Waals surface area contributed by atoms with Crippen molar-refractivity contribution in [2.75, 3.05) is 0 Å². The smallest absolute Gasteiger partial charge is 0.137 e. The Labute approximate surface area is 112 Å². The molecule has 0 radical (unpaired) electrons. The SMILES string of the molecule is O=C(CCc1ccccc1)Cc1ccc(Cl)cc1. The van der Waals surface area contributed by atoms with Gasteiger partial charge in [0.15, 0.2) is 0 Å². The van der Waals surface area contributed by atoms with Gasteiger partial charge in [0.05, 0.1) is 0 Å². The van der Waals surface area contributed by atoms with Crippen LogP contribution in [0.5, 0.6) is 0 Å². The molecule has 0 amide bonds. The summed E-state index contributed by atoms with van der Waals surface area (Å²) in [7, 11) is 0. The molecule has 0 unspecified atom stereocenters. The van der Waals surface area contributed by atoms with Gasteiger partial charge in [0.2, 0.25) is 0 Å². The molecule has 2 aromatic rings. The minimum absolute atomic E-state index is 0.265. The van der Waals surface area contributed by atoms with Gasteiger partial charge in [0, 0.05) is 17.9 Å². The van der Waals surface area contributed by atoms with Gasteiger partial charge in [-0.1, -0.05) is 54.1 Å². The molecule has 0 aliphatic heterocycles. The summed E-state index contributed by atoms with van der Waals surface area (Å²) in [6.45, 7) is 0. The first-order valence-corrected chi connectivity index (χ1v) is 6.42. The van der Waals surface area contributed by atoms with Crippen LogP contribution in [0, 0.1) is 0 Å². The molecule has 1 nitrogen and oxygen atoms in total. The molecule has 0 saturated heterocycles. The number of aryl methyl sites for hydroxylation is 1. The number of halogens is 1. The quantitative estimate of drug-likeness (QED) is 0.790.